The molecule has 0 radical (unpaired) electrons. The van der Waals surface area contributed by atoms with Gasteiger partial charge in [0.15, 0.2) is 0 Å². The summed E-state index contributed by atoms with van der Waals surface area (Å²) in [5.41, 5.74) is 0.236. The average molecular weight is 333 g/mol. The number of ether oxygens (including phenoxy) is 2. The van der Waals surface area contributed by atoms with Gasteiger partial charge in [-0.05, 0) is 39.3 Å². The molecule has 6 heteroatoms. The summed E-state index contributed by atoms with van der Waals surface area (Å²) >= 11 is 0. The maximum absolute atomic E-state index is 11.7. The molecule has 1 heterocycles. The van der Waals surface area contributed by atoms with Crippen molar-refractivity contribution in [2.75, 3.05) is 6.54 Å². The molecule has 2 aromatic rings. The minimum absolute atomic E-state index is 0.104. The molecule has 6 nitrogen and oxygen atoms in total. The van der Waals surface area contributed by atoms with Gasteiger partial charge < -0.3 is 19.2 Å². The van der Waals surface area contributed by atoms with Gasteiger partial charge in [-0.2, -0.15) is 0 Å². The zero-order valence-corrected chi connectivity index (χ0v) is 14.3. The first-order valence-electron chi connectivity index (χ1n) is 7.93. The number of amides is 1. The quantitative estimate of drug-likeness (QED) is 0.643. The molecule has 0 aliphatic heterocycles. The number of rotatable bonds is 6. The highest BCUT2D eigenvalue weighted by Gasteiger charge is 2.15. The summed E-state index contributed by atoms with van der Waals surface area (Å²) in [5, 5.41) is 3.58. The van der Waals surface area contributed by atoms with Crippen LogP contribution in [0.3, 0.4) is 0 Å². The van der Waals surface area contributed by atoms with E-state index in [2.05, 4.69) is 5.32 Å². The molecule has 0 saturated carbocycles. The standard InChI is InChI=1S/C18H23NO5/c1-18(2,3)24-17(21)19-10-6-9-16(20)22-12-14-11-13-7-4-5-8-15(13)23-14/h4-5,7-8,11H,6,9-10,12H2,1-3H3,(H,19,21). The van der Waals surface area contributed by atoms with Gasteiger partial charge in [0.1, 0.15) is 23.6 Å². The summed E-state index contributed by atoms with van der Waals surface area (Å²) in [7, 11) is 0. The number of nitrogens with one attached hydrogen (secondary N) is 1. The first-order chi connectivity index (χ1) is 11.3. The summed E-state index contributed by atoms with van der Waals surface area (Å²) in [4.78, 5) is 23.1. The normalized spacial score (nSPS) is 11.3. The van der Waals surface area contributed by atoms with Gasteiger partial charge in [0, 0.05) is 18.4 Å². The lowest BCUT2D eigenvalue weighted by Crippen LogP contribution is -2.33. The van der Waals surface area contributed by atoms with Crippen LogP contribution in [0.25, 0.3) is 11.0 Å². The molecule has 0 aliphatic carbocycles. The smallest absolute Gasteiger partial charge is 0.407 e. The fourth-order valence-electron chi connectivity index (χ4n) is 2.07. The van der Waals surface area contributed by atoms with Crippen LogP contribution in [0.4, 0.5) is 4.79 Å². The summed E-state index contributed by atoms with van der Waals surface area (Å²) in [6.07, 6.45) is 0.215. The zero-order chi connectivity index (χ0) is 17.6. The van der Waals surface area contributed by atoms with Crippen LogP contribution in [0.2, 0.25) is 0 Å². The maximum Gasteiger partial charge on any atom is 0.407 e. The summed E-state index contributed by atoms with van der Waals surface area (Å²) in [5.74, 6) is 0.276. The fourth-order valence-corrected chi connectivity index (χ4v) is 2.07. The van der Waals surface area contributed by atoms with Crippen molar-refractivity contribution >= 4 is 23.0 Å². The van der Waals surface area contributed by atoms with Crippen LogP contribution >= 0.6 is 0 Å². The van der Waals surface area contributed by atoms with Crippen LogP contribution < -0.4 is 5.32 Å². The van der Waals surface area contributed by atoms with E-state index in [0.717, 1.165) is 11.0 Å². The molecule has 0 saturated heterocycles. The van der Waals surface area contributed by atoms with Crippen LogP contribution in [0.15, 0.2) is 34.7 Å². The number of esters is 1. The number of alkyl carbamates (subject to hydrolysis) is 1. The zero-order valence-electron chi connectivity index (χ0n) is 14.3. The van der Waals surface area contributed by atoms with Crippen LogP contribution in [0.1, 0.15) is 39.4 Å². The van der Waals surface area contributed by atoms with Crippen molar-refractivity contribution in [3.63, 3.8) is 0 Å². The van der Waals surface area contributed by atoms with E-state index in [4.69, 9.17) is 13.9 Å². The van der Waals surface area contributed by atoms with Crippen molar-refractivity contribution in [3.8, 4) is 0 Å². The lowest BCUT2D eigenvalue weighted by atomic mass is 10.2. The van der Waals surface area contributed by atoms with Gasteiger partial charge >= 0.3 is 12.1 Å². The first-order valence-corrected chi connectivity index (χ1v) is 7.93. The number of hydrogen-bond donors (Lipinski definition) is 1. The summed E-state index contributed by atoms with van der Waals surface area (Å²) < 4.78 is 15.8. The number of carbonyl (C=O) groups excluding carboxylic acids is 2. The summed E-state index contributed by atoms with van der Waals surface area (Å²) in [6, 6.07) is 9.47. The van der Waals surface area contributed by atoms with E-state index in [-0.39, 0.29) is 19.0 Å². The number of fused-ring (bicyclic) bond motifs is 1. The maximum atomic E-state index is 11.7. The molecule has 1 aromatic heterocycles. The van der Waals surface area contributed by atoms with Gasteiger partial charge in [-0.3, -0.25) is 4.79 Å². The average Bonchev–Trinajstić information content (AvgIpc) is 2.90. The second kappa shape index (κ2) is 7.86. The molecule has 0 spiro atoms. The van der Waals surface area contributed by atoms with Crippen LogP contribution in [0, 0.1) is 0 Å². The van der Waals surface area contributed by atoms with Crippen molar-refractivity contribution in [2.24, 2.45) is 0 Å². The van der Waals surface area contributed by atoms with Crippen LogP contribution in [-0.2, 0) is 20.9 Å². The number of furan rings is 1. The molecule has 0 unspecified atom stereocenters. The molecule has 1 amide bonds. The van der Waals surface area contributed by atoms with E-state index in [1.54, 1.807) is 20.8 Å². The third-order valence-corrected chi connectivity index (χ3v) is 3.08. The highest BCUT2D eigenvalue weighted by Crippen LogP contribution is 2.19. The van der Waals surface area contributed by atoms with E-state index >= 15 is 0 Å². The number of benzene rings is 1. The Hall–Kier alpha value is -2.50. The van der Waals surface area contributed by atoms with Gasteiger partial charge in [0.25, 0.3) is 0 Å². The van der Waals surface area contributed by atoms with Crippen molar-refractivity contribution in [1.29, 1.82) is 0 Å². The molecule has 24 heavy (non-hydrogen) atoms. The van der Waals surface area contributed by atoms with Crippen LogP contribution in [-0.4, -0.2) is 24.2 Å². The van der Waals surface area contributed by atoms with Crippen molar-refractivity contribution in [2.45, 2.75) is 45.8 Å². The van der Waals surface area contributed by atoms with Crippen molar-refractivity contribution < 1.29 is 23.5 Å². The molecule has 0 aliphatic rings. The Morgan fingerprint density at radius 2 is 1.96 bits per heavy atom. The highest BCUT2D eigenvalue weighted by molar-refractivity contribution is 5.77. The Kier molecular flexibility index (Phi) is 5.84. The first kappa shape index (κ1) is 17.8. The monoisotopic (exact) mass is 333 g/mol. The van der Waals surface area contributed by atoms with E-state index in [9.17, 15) is 9.59 Å². The molecule has 1 N–H and O–H groups in total. The van der Waals surface area contributed by atoms with E-state index in [1.165, 1.54) is 0 Å². The number of hydrogen-bond acceptors (Lipinski definition) is 5. The minimum atomic E-state index is -0.532. The fraction of sp³-hybridized carbons (Fsp3) is 0.444. The molecule has 0 bridgehead atoms. The van der Waals surface area contributed by atoms with E-state index in [0.29, 0.717) is 18.7 Å². The molecule has 130 valence electrons. The molecular formula is C18H23NO5. The predicted octanol–water partition coefficient (Wildman–Crippen LogP) is 3.78. The van der Waals surface area contributed by atoms with Gasteiger partial charge in [-0.1, -0.05) is 18.2 Å². The highest BCUT2D eigenvalue weighted by atomic mass is 16.6. The third kappa shape index (κ3) is 5.95. The minimum Gasteiger partial charge on any atom is -0.457 e. The van der Waals surface area contributed by atoms with E-state index < -0.39 is 11.7 Å². The van der Waals surface area contributed by atoms with Gasteiger partial charge in [-0.25, -0.2) is 4.79 Å². The lowest BCUT2D eigenvalue weighted by Gasteiger charge is -2.19. The largest absolute Gasteiger partial charge is 0.457 e. The topological polar surface area (TPSA) is 77.8 Å². The Bertz CT molecular complexity index is 666. The SMILES string of the molecule is CC(C)(C)OC(=O)NCCCC(=O)OCc1cc2ccccc2o1. The molecular weight excluding hydrogens is 310 g/mol. The molecule has 1 aromatic carbocycles. The molecule has 0 fully saturated rings. The Morgan fingerprint density at radius 1 is 1.21 bits per heavy atom. The molecule has 0 atom stereocenters. The van der Waals surface area contributed by atoms with Crippen molar-refractivity contribution in [1.82, 2.24) is 5.32 Å². The second-order valence-corrected chi connectivity index (χ2v) is 6.44. The van der Waals surface area contributed by atoms with Gasteiger partial charge in [-0.15, -0.1) is 0 Å². The number of para-hydroxylation sites is 1. The Labute approximate surface area is 141 Å². The second-order valence-electron chi connectivity index (χ2n) is 6.44. The van der Waals surface area contributed by atoms with E-state index in [1.807, 2.05) is 30.3 Å². The van der Waals surface area contributed by atoms with Crippen LogP contribution in [0.5, 0.6) is 0 Å². The number of carbonyl (C=O) groups is 2. The van der Waals surface area contributed by atoms with Gasteiger partial charge in [0.2, 0.25) is 0 Å². The molecule has 2 rings (SSSR count). The van der Waals surface area contributed by atoms with Gasteiger partial charge in [0.05, 0.1) is 0 Å². The van der Waals surface area contributed by atoms with Crippen molar-refractivity contribution in [3.05, 3.63) is 36.1 Å². The summed E-state index contributed by atoms with van der Waals surface area (Å²) in [6.45, 7) is 5.84. The Morgan fingerprint density at radius 3 is 2.67 bits per heavy atom. The lowest BCUT2D eigenvalue weighted by molar-refractivity contribution is -0.145. The Balaban J connectivity index is 1.64. The predicted molar refractivity (Wildman–Crippen MR) is 89.5 cm³/mol. The third-order valence-electron chi connectivity index (χ3n) is 3.08.